The van der Waals surface area contributed by atoms with Gasteiger partial charge in [-0.1, -0.05) is 103 Å². The van der Waals surface area contributed by atoms with Crippen LogP contribution < -0.4 is 0 Å². The maximum atomic E-state index is 14.2. The van der Waals surface area contributed by atoms with Crippen molar-refractivity contribution in [2.45, 2.75) is 80.9 Å². The molecule has 5 aromatic carbocycles. The zero-order valence-electron chi connectivity index (χ0n) is 34.4. The Balaban J connectivity index is 1.13. The maximum Gasteiger partial charge on any atom is 0.338 e. The Morgan fingerprint density at radius 3 is 1.53 bits per heavy atom. The van der Waals surface area contributed by atoms with Gasteiger partial charge in [0.1, 0.15) is 37.1 Å². The van der Waals surface area contributed by atoms with Crippen LogP contribution in [0.25, 0.3) is 0 Å². The molecule has 12 atom stereocenters. The number of fused-ring (bicyclic) bond motifs is 2. The van der Waals surface area contributed by atoms with Crippen LogP contribution in [0.1, 0.15) is 60.2 Å². The molecule has 0 amide bonds. The van der Waals surface area contributed by atoms with Gasteiger partial charge >= 0.3 is 23.9 Å². The Bertz CT molecular complexity index is 2350. The monoisotopic (exact) mass is 872 g/mol. The molecule has 4 heterocycles. The highest BCUT2D eigenvalue weighted by atomic mass is 16.8. The van der Waals surface area contributed by atoms with Crippen LogP contribution in [0.15, 0.2) is 152 Å². The molecule has 4 aliphatic heterocycles. The van der Waals surface area contributed by atoms with Crippen molar-refractivity contribution in [3.8, 4) is 0 Å². The first-order chi connectivity index (χ1) is 31.3. The summed E-state index contributed by atoms with van der Waals surface area (Å²) in [6.45, 7) is 1.24. The van der Waals surface area contributed by atoms with E-state index in [2.05, 4.69) is 0 Å². The molecule has 0 radical (unpaired) electrons. The van der Waals surface area contributed by atoms with E-state index in [1.165, 1.54) is 12.1 Å². The first kappa shape index (κ1) is 43.0. The molecule has 15 nitrogen and oxygen atoms in total. The van der Waals surface area contributed by atoms with E-state index in [1.54, 1.807) is 116 Å². The van der Waals surface area contributed by atoms with Crippen LogP contribution in [0.4, 0.5) is 0 Å². The molecule has 1 unspecified atom stereocenters. The SMILES string of the molecule is CC1O[C@H]2O[C@@H]3CO[C@@H](c4ccccc4)O[C@H]3[C@H](O[C@H]3O[C@H](COC(=O)c4ccccc4)[C@@H](OC(=O)c4ccccc4)[C@H](OC(=O)c4ccccc4)[C@@H]3OC(=O)c3ccccc3)[C@H]2O1. The average Bonchev–Trinajstić information content (AvgIpc) is 3.73. The van der Waals surface area contributed by atoms with E-state index in [9.17, 15) is 19.2 Å². The van der Waals surface area contributed by atoms with E-state index in [1.807, 2.05) is 30.3 Å². The summed E-state index contributed by atoms with van der Waals surface area (Å²) < 4.78 is 69.4. The van der Waals surface area contributed by atoms with E-state index < -0.39 is 104 Å². The number of esters is 4. The van der Waals surface area contributed by atoms with Gasteiger partial charge in [-0.05, 0) is 55.5 Å². The molecule has 4 fully saturated rings. The van der Waals surface area contributed by atoms with Gasteiger partial charge in [0.05, 0.1) is 28.9 Å². The molecule has 0 aliphatic carbocycles. The van der Waals surface area contributed by atoms with Crippen molar-refractivity contribution in [1.29, 1.82) is 0 Å². The highest BCUT2D eigenvalue weighted by Gasteiger charge is 2.59. The van der Waals surface area contributed by atoms with E-state index >= 15 is 0 Å². The lowest BCUT2D eigenvalue weighted by Gasteiger charge is -2.49. The fraction of sp³-hybridized carbons (Fsp3) is 0.306. The maximum absolute atomic E-state index is 14.2. The Labute approximate surface area is 367 Å². The predicted octanol–water partition coefficient (Wildman–Crippen LogP) is 6.23. The molecule has 330 valence electrons. The summed E-state index contributed by atoms with van der Waals surface area (Å²) in [4.78, 5) is 55.8. The van der Waals surface area contributed by atoms with E-state index in [-0.39, 0.29) is 28.9 Å². The van der Waals surface area contributed by atoms with Crippen LogP contribution in [-0.4, -0.2) is 105 Å². The molecule has 0 aromatic heterocycles. The van der Waals surface area contributed by atoms with Crippen LogP contribution in [0, 0.1) is 0 Å². The second-order valence-electron chi connectivity index (χ2n) is 15.3. The van der Waals surface area contributed by atoms with Gasteiger partial charge in [0.25, 0.3) is 0 Å². The zero-order chi connectivity index (χ0) is 44.0. The van der Waals surface area contributed by atoms with E-state index in [0.29, 0.717) is 0 Å². The van der Waals surface area contributed by atoms with Crippen molar-refractivity contribution in [2.75, 3.05) is 13.2 Å². The summed E-state index contributed by atoms with van der Waals surface area (Å²) in [5, 5.41) is 0. The van der Waals surface area contributed by atoms with Crippen LogP contribution in [-0.2, 0) is 52.1 Å². The van der Waals surface area contributed by atoms with Crippen LogP contribution >= 0.6 is 0 Å². The zero-order valence-corrected chi connectivity index (χ0v) is 34.4. The first-order valence-electron chi connectivity index (χ1n) is 20.9. The lowest BCUT2D eigenvalue weighted by atomic mass is 9.95. The van der Waals surface area contributed by atoms with Crippen molar-refractivity contribution in [1.82, 2.24) is 0 Å². The van der Waals surface area contributed by atoms with Crippen molar-refractivity contribution < 1.29 is 71.3 Å². The largest absolute Gasteiger partial charge is 0.459 e. The van der Waals surface area contributed by atoms with Gasteiger partial charge in [0.2, 0.25) is 0 Å². The quantitative estimate of drug-likeness (QED) is 0.102. The van der Waals surface area contributed by atoms with Crippen molar-refractivity contribution in [3.05, 3.63) is 179 Å². The number of hydrogen-bond donors (Lipinski definition) is 0. The molecule has 0 bridgehead atoms. The molecule has 0 N–H and O–H groups in total. The predicted molar refractivity (Wildman–Crippen MR) is 221 cm³/mol. The summed E-state index contributed by atoms with van der Waals surface area (Å²) in [5.41, 5.74) is 1.42. The number of ether oxygens (including phenoxy) is 11. The highest BCUT2D eigenvalue weighted by molar-refractivity contribution is 5.91. The van der Waals surface area contributed by atoms with Crippen molar-refractivity contribution >= 4 is 23.9 Å². The lowest BCUT2D eigenvalue weighted by molar-refractivity contribution is -0.375. The molecule has 4 saturated heterocycles. The summed E-state index contributed by atoms with van der Waals surface area (Å²) in [5.74, 6) is -3.23. The smallest absolute Gasteiger partial charge is 0.338 e. The molecule has 0 spiro atoms. The molecule has 9 rings (SSSR count). The summed E-state index contributed by atoms with van der Waals surface area (Å²) in [7, 11) is 0. The Morgan fingerprint density at radius 1 is 0.500 bits per heavy atom. The second-order valence-corrected chi connectivity index (χ2v) is 15.3. The number of benzene rings is 5. The van der Waals surface area contributed by atoms with Gasteiger partial charge in [0, 0.05) is 5.56 Å². The summed E-state index contributed by atoms with van der Waals surface area (Å²) in [6.07, 6.45) is -14.0. The number of carbonyl (C=O) groups excluding carboxylic acids is 4. The third-order valence-electron chi connectivity index (χ3n) is 11.1. The fourth-order valence-corrected chi connectivity index (χ4v) is 7.97. The lowest BCUT2D eigenvalue weighted by Crippen LogP contribution is -2.67. The van der Waals surface area contributed by atoms with Gasteiger partial charge in [-0.25, -0.2) is 19.2 Å². The minimum atomic E-state index is -1.65. The normalized spacial score (nSPS) is 29.6. The molecule has 0 saturated carbocycles. The standard InChI is InChI=1S/C49H44O15/c1-29-56-41-40(38-36(58-48(41)57-29)28-55-47(63-38)34-25-15-6-16-26-34)64-49-42(62-46(53)33-23-13-5-14-24-33)39(61-45(52)32-21-11-4-12-22-32)37(60-44(51)31-19-9-3-10-20-31)35(59-49)27-54-43(50)30-17-7-2-8-18-30/h2-26,29,35-42,47-49H,27-28H2,1H3/t29?,35-,36-,37-,38-,39+,40+,41-,42+,47-,48+,49-/m1/s1. The average molecular weight is 873 g/mol. The summed E-state index contributed by atoms with van der Waals surface area (Å²) in [6, 6.07) is 41.9. The second kappa shape index (κ2) is 19.6. The van der Waals surface area contributed by atoms with Crippen molar-refractivity contribution in [2.24, 2.45) is 0 Å². The van der Waals surface area contributed by atoms with Gasteiger partial charge in [-0.2, -0.15) is 0 Å². The molecular weight excluding hydrogens is 829 g/mol. The van der Waals surface area contributed by atoms with Gasteiger partial charge in [0.15, 0.2) is 43.5 Å². The third-order valence-corrected chi connectivity index (χ3v) is 11.1. The summed E-state index contributed by atoms with van der Waals surface area (Å²) >= 11 is 0. The molecule has 64 heavy (non-hydrogen) atoms. The topological polar surface area (TPSA) is 170 Å². The molecular formula is C49H44O15. The number of rotatable bonds is 12. The number of hydrogen-bond acceptors (Lipinski definition) is 15. The molecule has 15 heteroatoms. The van der Waals surface area contributed by atoms with E-state index in [0.717, 1.165) is 5.56 Å². The van der Waals surface area contributed by atoms with Crippen LogP contribution in [0.5, 0.6) is 0 Å². The molecule has 5 aromatic rings. The molecule has 4 aliphatic rings. The minimum Gasteiger partial charge on any atom is -0.459 e. The highest BCUT2D eigenvalue weighted by Crippen LogP contribution is 2.42. The van der Waals surface area contributed by atoms with E-state index in [4.69, 9.17) is 52.1 Å². The van der Waals surface area contributed by atoms with Crippen molar-refractivity contribution in [3.63, 3.8) is 0 Å². The fourth-order valence-electron chi connectivity index (χ4n) is 7.97. The minimum absolute atomic E-state index is 0.0792. The Morgan fingerprint density at radius 2 is 0.984 bits per heavy atom. The first-order valence-corrected chi connectivity index (χ1v) is 20.9. The van der Waals surface area contributed by atoms with Gasteiger partial charge in [-0.3, -0.25) is 0 Å². The third kappa shape index (κ3) is 9.61. The van der Waals surface area contributed by atoms with Gasteiger partial charge < -0.3 is 52.1 Å². The Hall–Kier alpha value is -6.30. The number of carbonyl (C=O) groups is 4. The van der Waals surface area contributed by atoms with Crippen LogP contribution in [0.3, 0.4) is 0 Å². The van der Waals surface area contributed by atoms with Gasteiger partial charge in [-0.15, -0.1) is 0 Å². The van der Waals surface area contributed by atoms with Crippen LogP contribution in [0.2, 0.25) is 0 Å². The Kier molecular flexibility index (Phi) is 13.2.